The van der Waals surface area contributed by atoms with Crippen molar-refractivity contribution < 1.29 is 0 Å². The molecule has 0 radical (unpaired) electrons. The lowest BCUT2D eigenvalue weighted by atomic mass is 10.2. The maximum atomic E-state index is 11.4. The van der Waals surface area contributed by atoms with E-state index in [1.54, 1.807) is 6.07 Å². The van der Waals surface area contributed by atoms with Gasteiger partial charge in [0.15, 0.2) is 0 Å². The molecule has 16 heavy (non-hydrogen) atoms. The van der Waals surface area contributed by atoms with Gasteiger partial charge >= 0.3 is 5.69 Å². The van der Waals surface area contributed by atoms with E-state index in [1.807, 2.05) is 18.2 Å². The summed E-state index contributed by atoms with van der Waals surface area (Å²) in [5, 5.41) is 6.01. The van der Waals surface area contributed by atoms with E-state index < -0.39 is 0 Å². The van der Waals surface area contributed by atoms with Crippen molar-refractivity contribution in [2.75, 3.05) is 6.54 Å². The Balaban J connectivity index is 2.57. The number of H-pyrrole nitrogens is 1. The predicted molar refractivity (Wildman–Crippen MR) is 60.1 cm³/mol. The van der Waals surface area contributed by atoms with Gasteiger partial charge in [-0.1, -0.05) is 24.0 Å². The summed E-state index contributed by atoms with van der Waals surface area (Å²) in [7, 11) is 0. The predicted octanol–water partition coefficient (Wildman–Crippen LogP) is -0.129. The monoisotopic (exact) mass is 214 g/mol. The molecule has 0 fully saturated rings. The van der Waals surface area contributed by atoms with E-state index in [1.165, 1.54) is 10.9 Å². The average Bonchev–Trinajstić information content (AvgIpc) is 2.73. The first kappa shape index (κ1) is 10.2. The first-order valence-electron chi connectivity index (χ1n) is 4.73. The van der Waals surface area contributed by atoms with Gasteiger partial charge in [0.05, 0.1) is 12.2 Å². The van der Waals surface area contributed by atoms with Crippen LogP contribution in [0.1, 0.15) is 5.56 Å². The topological polar surface area (TPSA) is 76.7 Å². The second-order valence-corrected chi connectivity index (χ2v) is 3.05. The quantitative estimate of drug-likeness (QED) is 0.649. The van der Waals surface area contributed by atoms with E-state index in [0.717, 1.165) is 5.56 Å². The van der Waals surface area contributed by atoms with Crippen molar-refractivity contribution >= 4 is 0 Å². The lowest BCUT2D eigenvalue weighted by Gasteiger charge is -2.02. The summed E-state index contributed by atoms with van der Waals surface area (Å²) in [6, 6.07) is 7.33. The number of aromatic amines is 1. The zero-order valence-electron chi connectivity index (χ0n) is 8.47. The minimum atomic E-state index is -0.290. The van der Waals surface area contributed by atoms with Gasteiger partial charge in [-0.25, -0.2) is 14.5 Å². The molecule has 1 aromatic carbocycles. The maximum Gasteiger partial charge on any atom is 0.347 e. The summed E-state index contributed by atoms with van der Waals surface area (Å²) in [6.45, 7) is 0.286. The van der Waals surface area contributed by atoms with Gasteiger partial charge in [-0.3, -0.25) is 0 Å². The largest absolute Gasteiger partial charge is 0.347 e. The Morgan fingerprint density at radius 2 is 2.25 bits per heavy atom. The van der Waals surface area contributed by atoms with Crippen LogP contribution in [0.2, 0.25) is 0 Å². The number of aromatic nitrogens is 3. The van der Waals surface area contributed by atoms with Crippen molar-refractivity contribution in [3.05, 3.63) is 46.6 Å². The molecule has 5 heteroatoms. The molecule has 1 heterocycles. The lowest BCUT2D eigenvalue weighted by Crippen LogP contribution is -2.15. The zero-order valence-corrected chi connectivity index (χ0v) is 8.47. The third kappa shape index (κ3) is 1.87. The summed E-state index contributed by atoms with van der Waals surface area (Å²) in [6.07, 6.45) is 1.42. The molecule has 0 spiro atoms. The number of hydrogen-bond acceptors (Lipinski definition) is 3. The molecule has 0 amide bonds. The molecule has 0 atom stereocenters. The summed E-state index contributed by atoms with van der Waals surface area (Å²) in [4.78, 5) is 11.4. The number of nitrogens with zero attached hydrogens (tertiary/aromatic N) is 2. The molecule has 2 aromatic rings. The second-order valence-electron chi connectivity index (χ2n) is 3.05. The standard InChI is InChI=1S/C11H10N4O/c12-7-3-5-9-4-1-2-6-10(9)15-8-13-14-11(15)16/h1-2,4,6,8H,7,12H2,(H,14,16). The van der Waals surface area contributed by atoms with Crippen LogP contribution in [0.4, 0.5) is 0 Å². The van der Waals surface area contributed by atoms with Crippen molar-refractivity contribution in [1.29, 1.82) is 0 Å². The Morgan fingerprint density at radius 1 is 1.44 bits per heavy atom. The molecular formula is C11H10N4O. The van der Waals surface area contributed by atoms with Crippen LogP contribution in [-0.4, -0.2) is 21.3 Å². The fourth-order valence-electron chi connectivity index (χ4n) is 1.36. The number of rotatable bonds is 1. The SMILES string of the molecule is NCC#Cc1ccccc1-n1cn[nH]c1=O. The number of hydrogen-bond donors (Lipinski definition) is 2. The van der Waals surface area contributed by atoms with Gasteiger partial charge in [0.25, 0.3) is 0 Å². The van der Waals surface area contributed by atoms with Crippen LogP contribution in [0.15, 0.2) is 35.4 Å². The van der Waals surface area contributed by atoms with Crippen molar-refractivity contribution in [1.82, 2.24) is 14.8 Å². The van der Waals surface area contributed by atoms with Crippen LogP contribution in [0.25, 0.3) is 5.69 Å². The van der Waals surface area contributed by atoms with E-state index in [9.17, 15) is 4.79 Å². The molecule has 0 aliphatic rings. The van der Waals surface area contributed by atoms with E-state index in [-0.39, 0.29) is 12.2 Å². The number of nitrogens with one attached hydrogen (secondary N) is 1. The van der Waals surface area contributed by atoms with Gasteiger partial charge < -0.3 is 5.73 Å². The molecule has 0 saturated heterocycles. The van der Waals surface area contributed by atoms with Gasteiger partial charge in [0.2, 0.25) is 0 Å². The number of nitrogens with two attached hydrogens (primary N) is 1. The molecule has 3 N–H and O–H groups in total. The third-order valence-corrected chi connectivity index (χ3v) is 2.04. The molecule has 0 bridgehead atoms. The van der Waals surface area contributed by atoms with E-state index in [2.05, 4.69) is 22.0 Å². The van der Waals surface area contributed by atoms with Gasteiger partial charge in [-0.05, 0) is 12.1 Å². The highest BCUT2D eigenvalue weighted by atomic mass is 16.1. The highest BCUT2D eigenvalue weighted by Gasteiger charge is 2.04. The van der Waals surface area contributed by atoms with Crippen molar-refractivity contribution in [3.8, 4) is 17.5 Å². The first-order chi connectivity index (χ1) is 7.83. The maximum absolute atomic E-state index is 11.4. The van der Waals surface area contributed by atoms with E-state index in [0.29, 0.717) is 5.69 Å². The number of benzene rings is 1. The summed E-state index contributed by atoms with van der Waals surface area (Å²) in [5.41, 5.74) is 6.47. The molecule has 0 aliphatic heterocycles. The average molecular weight is 214 g/mol. The second kappa shape index (κ2) is 4.47. The van der Waals surface area contributed by atoms with Gasteiger partial charge in [-0.15, -0.1) is 0 Å². The number of para-hydroxylation sites is 1. The lowest BCUT2D eigenvalue weighted by molar-refractivity contribution is 0.979. The summed E-state index contributed by atoms with van der Waals surface area (Å²) >= 11 is 0. The smallest absolute Gasteiger partial charge is 0.320 e. The van der Waals surface area contributed by atoms with Crippen LogP contribution < -0.4 is 11.4 Å². The summed E-state index contributed by atoms with van der Waals surface area (Å²) < 4.78 is 1.40. The van der Waals surface area contributed by atoms with Gasteiger partial charge in [0, 0.05) is 5.56 Å². The third-order valence-electron chi connectivity index (χ3n) is 2.04. The minimum absolute atomic E-state index is 0.286. The highest BCUT2D eigenvalue weighted by Crippen LogP contribution is 2.10. The van der Waals surface area contributed by atoms with E-state index in [4.69, 9.17) is 5.73 Å². The van der Waals surface area contributed by atoms with Crippen molar-refractivity contribution in [3.63, 3.8) is 0 Å². The fraction of sp³-hybridized carbons (Fsp3) is 0.0909. The van der Waals surface area contributed by atoms with Gasteiger partial charge in [-0.2, -0.15) is 5.10 Å². The highest BCUT2D eigenvalue weighted by molar-refractivity contribution is 5.50. The molecule has 1 aromatic heterocycles. The van der Waals surface area contributed by atoms with Gasteiger partial charge in [0.1, 0.15) is 6.33 Å². The van der Waals surface area contributed by atoms with Crippen LogP contribution in [0, 0.1) is 11.8 Å². The first-order valence-corrected chi connectivity index (χ1v) is 4.73. The van der Waals surface area contributed by atoms with Crippen LogP contribution in [0.3, 0.4) is 0 Å². The summed E-state index contributed by atoms with van der Waals surface area (Å²) in [5.74, 6) is 5.67. The Hall–Kier alpha value is -2.32. The Kier molecular flexibility index (Phi) is 2.85. The molecule has 0 saturated carbocycles. The van der Waals surface area contributed by atoms with Crippen molar-refractivity contribution in [2.45, 2.75) is 0 Å². The van der Waals surface area contributed by atoms with E-state index >= 15 is 0 Å². The van der Waals surface area contributed by atoms with Crippen molar-refractivity contribution in [2.24, 2.45) is 5.73 Å². The Bertz CT molecular complexity index is 600. The fourth-order valence-corrected chi connectivity index (χ4v) is 1.36. The molecule has 80 valence electrons. The van der Waals surface area contributed by atoms with Crippen LogP contribution >= 0.6 is 0 Å². The Labute approximate surface area is 91.9 Å². The van der Waals surface area contributed by atoms with Crippen LogP contribution in [0.5, 0.6) is 0 Å². The molecular weight excluding hydrogens is 204 g/mol. The molecule has 2 rings (SSSR count). The Morgan fingerprint density at radius 3 is 2.94 bits per heavy atom. The molecule has 0 unspecified atom stereocenters. The normalized spacial score (nSPS) is 9.56. The zero-order chi connectivity index (χ0) is 11.4. The minimum Gasteiger partial charge on any atom is -0.320 e. The van der Waals surface area contributed by atoms with Crippen LogP contribution in [-0.2, 0) is 0 Å². The molecule has 5 nitrogen and oxygen atoms in total. The molecule has 0 aliphatic carbocycles.